The summed E-state index contributed by atoms with van der Waals surface area (Å²) in [5.41, 5.74) is 10.8. The lowest BCUT2D eigenvalue weighted by Crippen LogP contribution is -2.18. The second-order valence-electron chi connectivity index (χ2n) is 8.85. The molecule has 20 heteroatoms. The molecule has 266 valence electrons. The second kappa shape index (κ2) is 23.9. The molecule has 4 unspecified atom stereocenters. The number of halogens is 3. The summed E-state index contributed by atoms with van der Waals surface area (Å²) in [4.78, 5) is 52.1. The number of rotatable bonds is 15. The molecule has 0 saturated carbocycles. The summed E-state index contributed by atoms with van der Waals surface area (Å²) in [6.45, 7) is 4.60. The first-order chi connectivity index (χ1) is 21.9. The fourth-order valence-corrected chi connectivity index (χ4v) is 6.44. The molecule has 4 atom stereocenters. The topological polar surface area (TPSA) is 263 Å². The molecule has 0 spiro atoms. The van der Waals surface area contributed by atoms with Crippen molar-refractivity contribution in [2.24, 2.45) is 11.5 Å². The van der Waals surface area contributed by atoms with Crippen LogP contribution >= 0.6 is 14.7 Å². The third-order valence-corrected chi connectivity index (χ3v) is 9.45. The smallest absolute Gasteiger partial charge is 0.494 e. The average molecular weight is 719 g/mol. The van der Waals surface area contributed by atoms with Gasteiger partial charge in [-0.25, -0.2) is 0 Å². The zero-order chi connectivity index (χ0) is 36.7. The average Bonchev–Trinajstić information content (AvgIpc) is 3.00. The molecule has 0 aliphatic rings. The molecule has 2 aromatic rings. The molecule has 8 N–H and O–H groups in total. The van der Waals surface area contributed by atoms with Gasteiger partial charge < -0.3 is 45.7 Å². The van der Waals surface area contributed by atoms with Gasteiger partial charge in [0.05, 0.1) is 13.2 Å². The van der Waals surface area contributed by atoms with Crippen LogP contribution in [-0.4, -0.2) is 77.3 Å². The normalized spacial score (nSPS) is 14.2. The van der Waals surface area contributed by atoms with Crippen molar-refractivity contribution in [3.63, 3.8) is 0 Å². The molecule has 0 bridgehead atoms. The summed E-state index contributed by atoms with van der Waals surface area (Å²) in [5.74, 6) is -3.39. The molecule has 0 radical (unpaired) electrons. The quantitative estimate of drug-likeness (QED) is 0.145. The largest absolute Gasteiger partial charge is 0.573 e. The van der Waals surface area contributed by atoms with Crippen molar-refractivity contribution in [2.45, 2.75) is 44.7 Å². The van der Waals surface area contributed by atoms with Gasteiger partial charge in [0.15, 0.2) is 23.2 Å². The summed E-state index contributed by atoms with van der Waals surface area (Å²) in [6, 6.07) is 9.74. The Hall–Kier alpha value is -3.39. The van der Waals surface area contributed by atoms with Crippen molar-refractivity contribution in [2.75, 3.05) is 38.6 Å². The van der Waals surface area contributed by atoms with E-state index in [1.165, 1.54) is 6.07 Å². The van der Waals surface area contributed by atoms with Gasteiger partial charge in [0.2, 0.25) is 14.7 Å². The number of carbonyl (C=O) groups excluding carboxylic acids is 4. The highest BCUT2D eigenvalue weighted by atomic mass is 31.2. The van der Waals surface area contributed by atoms with Crippen LogP contribution in [0.2, 0.25) is 0 Å². The minimum atomic E-state index is -4.96. The van der Waals surface area contributed by atoms with E-state index < -0.39 is 38.5 Å². The Morgan fingerprint density at radius 3 is 1.53 bits per heavy atom. The summed E-state index contributed by atoms with van der Waals surface area (Å²) in [7, 11) is -7.64. The third-order valence-electron chi connectivity index (χ3n) is 5.41. The molecule has 0 aliphatic carbocycles. The van der Waals surface area contributed by atoms with E-state index in [9.17, 15) is 42.3 Å². The Labute approximate surface area is 268 Å². The Kier molecular flexibility index (Phi) is 23.2. The summed E-state index contributed by atoms with van der Waals surface area (Å²) >= 11 is 0. The van der Waals surface area contributed by atoms with Crippen LogP contribution in [0.25, 0.3) is 0 Å². The molecule has 0 amide bonds. The summed E-state index contributed by atoms with van der Waals surface area (Å²) in [6.07, 6.45) is -4.06. The van der Waals surface area contributed by atoms with E-state index in [0.717, 1.165) is 12.1 Å². The van der Waals surface area contributed by atoms with E-state index in [0.29, 0.717) is 30.9 Å². The number of ether oxygens (including phenoxy) is 3. The number of aliphatic hydroxyl groups is 2. The van der Waals surface area contributed by atoms with E-state index >= 15 is 0 Å². The molecule has 0 saturated heterocycles. The van der Waals surface area contributed by atoms with Crippen molar-refractivity contribution in [3.8, 4) is 17.2 Å². The highest BCUT2D eigenvalue weighted by molar-refractivity contribution is 7.58. The number of hydrogen-bond acceptors (Lipinski definition) is 13. The third kappa shape index (κ3) is 19.1. The highest BCUT2D eigenvalue weighted by Gasteiger charge is 2.35. The van der Waals surface area contributed by atoms with Gasteiger partial charge in [0.1, 0.15) is 5.75 Å². The van der Waals surface area contributed by atoms with Crippen molar-refractivity contribution in [3.05, 3.63) is 53.6 Å². The lowest BCUT2D eigenvalue weighted by atomic mass is 10.2. The minimum Gasteiger partial charge on any atom is -0.494 e. The fraction of sp³-hybridized carbons (Fsp3) is 0.481. The van der Waals surface area contributed by atoms with Crippen LogP contribution in [0.5, 0.6) is 17.2 Å². The molecule has 0 aromatic heterocycles. The molecular weight excluding hydrogens is 679 g/mol. The van der Waals surface area contributed by atoms with Crippen LogP contribution in [0.4, 0.5) is 13.2 Å². The zero-order valence-corrected chi connectivity index (χ0v) is 27.3. The van der Waals surface area contributed by atoms with Crippen LogP contribution < -0.4 is 25.7 Å². The van der Waals surface area contributed by atoms with Gasteiger partial charge in [-0.1, -0.05) is 18.2 Å². The maximum atomic E-state index is 12.4. The fourth-order valence-electron chi connectivity index (χ4n) is 3.41. The lowest BCUT2D eigenvalue weighted by Gasteiger charge is -2.20. The second-order valence-corrected chi connectivity index (χ2v) is 13.7. The molecule has 47 heavy (non-hydrogen) atoms. The van der Waals surface area contributed by atoms with Gasteiger partial charge in [-0.3, -0.25) is 9.13 Å². The molecule has 0 aliphatic heterocycles. The zero-order valence-electron chi connectivity index (χ0n) is 25.5. The van der Waals surface area contributed by atoms with E-state index in [2.05, 4.69) is 4.74 Å². The summed E-state index contributed by atoms with van der Waals surface area (Å²) in [5, 5.41) is 19.9. The van der Waals surface area contributed by atoms with E-state index in [1.807, 2.05) is 6.92 Å². The minimum absolute atomic E-state index is 0.0257. The Bertz CT molecular complexity index is 1320. The van der Waals surface area contributed by atoms with Crippen LogP contribution in [0.1, 0.15) is 49.5 Å². The van der Waals surface area contributed by atoms with Crippen LogP contribution in [0.3, 0.4) is 0 Å². The van der Waals surface area contributed by atoms with Gasteiger partial charge in [0.25, 0.3) is 0 Å². The van der Waals surface area contributed by atoms with Gasteiger partial charge in [-0.15, -0.1) is 13.2 Å². The molecule has 2 aromatic carbocycles. The number of alkyl halides is 3. The van der Waals surface area contributed by atoms with Gasteiger partial charge in [0, 0.05) is 12.3 Å². The first kappa shape index (κ1) is 45.7. The maximum absolute atomic E-state index is 12.4. The monoisotopic (exact) mass is 718 g/mol. The van der Waals surface area contributed by atoms with Gasteiger partial charge >= 0.3 is 18.7 Å². The first-order valence-electron chi connectivity index (χ1n) is 13.6. The van der Waals surface area contributed by atoms with Crippen LogP contribution in [-0.2, 0) is 28.3 Å². The highest BCUT2D eigenvalue weighted by Crippen LogP contribution is 2.55. The number of hydrogen-bond donors (Lipinski definition) is 6. The Morgan fingerprint density at radius 2 is 1.15 bits per heavy atom. The van der Waals surface area contributed by atoms with Crippen molar-refractivity contribution in [1.82, 2.24) is 0 Å². The number of aliphatic hydroxyl groups excluding tert-OH is 2. The predicted octanol–water partition coefficient (Wildman–Crippen LogP) is 3.12. The molecule has 0 heterocycles. The van der Waals surface area contributed by atoms with Crippen molar-refractivity contribution in [1.29, 1.82) is 0 Å². The number of nitrogens with two attached hydrogens (primary N) is 2. The van der Waals surface area contributed by atoms with E-state index in [-0.39, 0.29) is 55.5 Å². The standard InChI is InChI=1S/C13H19F3NO5P.C12H20NO4P.2CO2/c1-2-21-10-5-4-9(8-11(10)22-13(14,15)16)12(18)23(19,20)7-3-6-17;1-2-17-11-6-4-10(5-7-11)12(14)18(15,16)9-3-8-13;2*2-1-3/h4-5,8,12,18H,2-3,6-7,17H2,1H3,(H,19,20);4-7,12,14H,2-3,8-9,13H2,1H3,(H,15,16);;. The van der Waals surface area contributed by atoms with Crippen molar-refractivity contribution < 1.29 is 75.7 Å². The maximum Gasteiger partial charge on any atom is 0.573 e. The van der Waals surface area contributed by atoms with Crippen LogP contribution in [0, 0.1) is 0 Å². The predicted molar refractivity (Wildman–Crippen MR) is 159 cm³/mol. The SMILES string of the molecule is CCOc1ccc(C(O)P(=O)(O)CCCN)cc1.CCOc1ccc(C(O)P(=O)(O)CCCN)cc1OC(F)(F)F.O=C=O.O=C=O. The van der Waals surface area contributed by atoms with E-state index in [4.69, 9.17) is 40.1 Å². The first-order valence-corrected chi connectivity index (χ1v) is 17.4. The lowest BCUT2D eigenvalue weighted by molar-refractivity contribution is -0.275. The van der Waals surface area contributed by atoms with Crippen LogP contribution in [0.15, 0.2) is 42.5 Å². The molecule has 15 nitrogen and oxygen atoms in total. The molecule has 2 rings (SSSR count). The van der Waals surface area contributed by atoms with Crippen molar-refractivity contribution >= 4 is 27.0 Å². The Balaban J connectivity index is 0. The number of benzene rings is 2. The van der Waals surface area contributed by atoms with Gasteiger partial charge in [-0.05, 0) is 75.2 Å². The molecular formula is C27H39F3N2O13P2. The van der Waals surface area contributed by atoms with E-state index in [1.54, 1.807) is 31.2 Å². The van der Waals surface area contributed by atoms with Gasteiger partial charge in [-0.2, -0.15) is 19.2 Å². The Morgan fingerprint density at radius 1 is 0.745 bits per heavy atom. The summed E-state index contributed by atoms with van der Waals surface area (Å²) < 4.78 is 75.4. The molecule has 0 fully saturated rings.